The number of aromatic nitrogens is 4. The Kier molecular flexibility index (Phi) is 6.69. The lowest BCUT2D eigenvalue weighted by atomic mass is 10.1. The van der Waals surface area contributed by atoms with E-state index in [-0.39, 0.29) is 23.6 Å². The molecule has 0 bridgehead atoms. The summed E-state index contributed by atoms with van der Waals surface area (Å²) in [4.78, 5) is 34.2. The van der Waals surface area contributed by atoms with Crippen molar-refractivity contribution in [2.24, 2.45) is 0 Å². The summed E-state index contributed by atoms with van der Waals surface area (Å²) in [6, 6.07) is 18.4. The van der Waals surface area contributed by atoms with Gasteiger partial charge in [-0.05, 0) is 44.5 Å². The van der Waals surface area contributed by atoms with E-state index in [0.29, 0.717) is 22.2 Å². The quantitative estimate of drug-likeness (QED) is 0.405. The van der Waals surface area contributed by atoms with Gasteiger partial charge in [0.05, 0.1) is 23.0 Å². The standard InChI is InChI=1S/C24H24N6O2S/c1-15-13-16(2)30-23(25-15)28-24(29-30)33-14-21(31)27-20-12-8-7-11-19(20)22(32)26-17(3)18-9-5-4-6-10-18/h4-13,17H,14H2,1-3H3,(H,26,32)(H,27,31)/t17-/m1/s1. The second kappa shape index (κ2) is 9.83. The molecule has 4 aromatic rings. The molecule has 0 aliphatic rings. The first-order valence-electron chi connectivity index (χ1n) is 10.5. The highest BCUT2D eigenvalue weighted by atomic mass is 32.2. The zero-order valence-electron chi connectivity index (χ0n) is 18.6. The highest BCUT2D eigenvalue weighted by molar-refractivity contribution is 7.99. The van der Waals surface area contributed by atoms with Crippen molar-refractivity contribution in [2.45, 2.75) is 32.0 Å². The SMILES string of the molecule is Cc1cc(C)n2nc(SCC(=O)Nc3ccccc3C(=O)N[C@H](C)c3ccccc3)nc2n1. The second-order valence-corrected chi connectivity index (χ2v) is 8.58. The number of benzene rings is 2. The van der Waals surface area contributed by atoms with Crippen LogP contribution in [0.2, 0.25) is 0 Å². The van der Waals surface area contributed by atoms with Gasteiger partial charge < -0.3 is 10.6 Å². The first-order valence-corrected chi connectivity index (χ1v) is 11.5. The number of thioether (sulfide) groups is 1. The van der Waals surface area contributed by atoms with Crippen molar-refractivity contribution in [2.75, 3.05) is 11.1 Å². The Morgan fingerprint density at radius 3 is 2.55 bits per heavy atom. The minimum Gasteiger partial charge on any atom is -0.345 e. The van der Waals surface area contributed by atoms with Crippen molar-refractivity contribution >= 4 is 35.0 Å². The maximum absolute atomic E-state index is 12.9. The normalized spacial score (nSPS) is 11.8. The fourth-order valence-electron chi connectivity index (χ4n) is 3.42. The van der Waals surface area contributed by atoms with Crippen molar-refractivity contribution in [3.8, 4) is 0 Å². The molecular weight excluding hydrogens is 436 g/mol. The molecule has 4 rings (SSSR count). The number of aryl methyl sites for hydroxylation is 2. The molecule has 0 radical (unpaired) electrons. The molecule has 0 saturated carbocycles. The van der Waals surface area contributed by atoms with Gasteiger partial charge in [-0.2, -0.15) is 4.98 Å². The molecule has 0 fully saturated rings. The zero-order valence-corrected chi connectivity index (χ0v) is 19.4. The van der Waals surface area contributed by atoms with Gasteiger partial charge in [0.1, 0.15) is 0 Å². The van der Waals surface area contributed by atoms with Gasteiger partial charge >= 0.3 is 0 Å². The van der Waals surface area contributed by atoms with Crippen molar-refractivity contribution in [3.05, 3.63) is 83.2 Å². The number of hydrogen-bond donors (Lipinski definition) is 2. The minimum atomic E-state index is -0.256. The third kappa shape index (κ3) is 5.38. The summed E-state index contributed by atoms with van der Waals surface area (Å²) < 4.78 is 1.65. The van der Waals surface area contributed by atoms with Crippen molar-refractivity contribution < 1.29 is 9.59 Å². The molecule has 8 nitrogen and oxygen atoms in total. The Morgan fingerprint density at radius 1 is 1.03 bits per heavy atom. The number of anilines is 1. The predicted molar refractivity (Wildman–Crippen MR) is 128 cm³/mol. The van der Waals surface area contributed by atoms with Gasteiger partial charge in [-0.25, -0.2) is 9.50 Å². The summed E-state index contributed by atoms with van der Waals surface area (Å²) in [7, 11) is 0. The van der Waals surface area contributed by atoms with Gasteiger partial charge in [0.25, 0.3) is 11.7 Å². The van der Waals surface area contributed by atoms with Crippen LogP contribution in [0.4, 0.5) is 5.69 Å². The van der Waals surface area contributed by atoms with Gasteiger partial charge in [0, 0.05) is 11.4 Å². The lowest BCUT2D eigenvalue weighted by molar-refractivity contribution is -0.113. The van der Waals surface area contributed by atoms with E-state index in [9.17, 15) is 9.59 Å². The summed E-state index contributed by atoms with van der Waals surface area (Å²) in [6.45, 7) is 5.75. The first kappa shape index (κ1) is 22.5. The number of nitrogens with zero attached hydrogens (tertiary/aromatic N) is 4. The Labute approximate surface area is 195 Å². The lowest BCUT2D eigenvalue weighted by Gasteiger charge is -2.16. The topological polar surface area (TPSA) is 101 Å². The molecule has 2 N–H and O–H groups in total. The highest BCUT2D eigenvalue weighted by Gasteiger charge is 2.17. The fourth-order valence-corrected chi connectivity index (χ4v) is 4.03. The van der Waals surface area contributed by atoms with Gasteiger partial charge in [0.2, 0.25) is 11.1 Å². The maximum atomic E-state index is 12.9. The van der Waals surface area contributed by atoms with Crippen LogP contribution in [0.25, 0.3) is 5.78 Å². The highest BCUT2D eigenvalue weighted by Crippen LogP contribution is 2.20. The molecule has 0 aliphatic heterocycles. The Balaban J connectivity index is 1.40. The van der Waals surface area contributed by atoms with E-state index in [1.165, 1.54) is 11.8 Å². The number of fused-ring (bicyclic) bond motifs is 1. The fraction of sp³-hybridized carbons (Fsp3) is 0.208. The number of para-hydroxylation sites is 1. The number of hydrogen-bond acceptors (Lipinski definition) is 6. The number of carbonyl (C=O) groups excluding carboxylic acids is 2. The van der Waals surface area contributed by atoms with Gasteiger partial charge in [-0.1, -0.05) is 54.2 Å². The first-order chi connectivity index (χ1) is 15.9. The molecular formula is C24H24N6O2S. The molecule has 9 heteroatoms. The van der Waals surface area contributed by atoms with E-state index >= 15 is 0 Å². The lowest BCUT2D eigenvalue weighted by Crippen LogP contribution is -2.28. The third-order valence-corrected chi connectivity index (χ3v) is 5.86. The van der Waals surface area contributed by atoms with Crippen LogP contribution >= 0.6 is 11.8 Å². The van der Waals surface area contributed by atoms with Gasteiger partial charge in [-0.15, -0.1) is 5.10 Å². The average molecular weight is 461 g/mol. The average Bonchev–Trinajstić information content (AvgIpc) is 3.22. The van der Waals surface area contributed by atoms with Crippen LogP contribution in [0.3, 0.4) is 0 Å². The van der Waals surface area contributed by atoms with E-state index in [2.05, 4.69) is 25.7 Å². The Bertz CT molecular complexity index is 1310. The van der Waals surface area contributed by atoms with Crippen LogP contribution < -0.4 is 10.6 Å². The molecule has 0 aliphatic carbocycles. The molecule has 2 heterocycles. The summed E-state index contributed by atoms with van der Waals surface area (Å²) in [5.74, 6) is 0.0977. The van der Waals surface area contributed by atoms with Crippen molar-refractivity contribution in [1.82, 2.24) is 24.9 Å². The molecule has 0 spiro atoms. The largest absolute Gasteiger partial charge is 0.345 e. The summed E-state index contributed by atoms with van der Waals surface area (Å²) >= 11 is 1.21. The number of amides is 2. The van der Waals surface area contributed by atoms with Crippen molar-refractivity contribution in [1.29, 1.82) is 0 Å². The minimum absolute atomic E-state index is 0.102. The smallest absolute Gasteiger partial charge is 0.253 e. The molecule has 2 aromatic carbocycles. The van der Waals surface area contributed by atoms with E-state index in [1.807, 2.05) is 57.2 Å². The zero-order chi connectivity index (χ0) is 23.4. The van der Waals surface area contributed by atoms with Crippen LogP contribution in [0.1, 0.15) is 40.3 Å². The van der Waals surface area contributed by atoms with Gasteiger partial charge in [0.15, 0.2) is 0 Å². The van der Waals surface area contributed by atoms with Crippen LogP contribution in [0.15, 0.2) is 65.8 Å². The molecule has 0 saturated heterocycles. The maximum Gasteiger partial charge on any atom is 0.253 e. The van der Waals surface area contributed by atoms with E-state index in [1.54, 1.807) is 28.8 Å². The van der Waals surface area contributed by atoms with E-state index in [4.69, 9.17) is 0 Å². The summed E-state index contributed by atoms with van der Waals surface area (Å²) in [6.07, 6.45) is 0. The predicted octanol–water partition coefficient (Wildman–Crippen LogP) is 3.96. The Hall–Kier alpha value is -3.72. The number of rotatable bonds is 7. The molecule has 1 atom stereocenters. The molecule has 2 aromatic heterocycles. The molecule has 0 unspecified atom stereocenters. The van der Waals surface area contributed by atoms with Crippen LogP contribution in [-0.4, -0.2) is 37.1 Å². The van der Waals surface area contributed by atoms with E-state index in [0.717, 1.165) is 17.0 Å². The molecule has 2 amide bonds. The monoisotopic (exact) mass is 460 g/mol. The molecule has 168 valence electrons. The third-order valence-electron chi connectivity index (χ3n) is 5.02. The Morgan fingerprint density at radius 2 is 1.76 bits per heavy atom. The van der Waals surface area contributed by atoms with Crippen LogP contribution in [0.5, 0.6) is 0 Å². The molecule has 33 heavy (non-hydrogen) atoms. The summed E-state index contributed by atoms with van der Waals surface area (Å²) in [5.41, 5.74) is 3.64. The second-order valence-electron chi connectivity index (χ2n) is 7.63. The summed E-state index contributed by atoms with van der Waals surface area (Å²) in [5, 5.41) is 10.7. The van der Waals surface area contributed by atoms with Crippen LogP contribution in [-0.2, 0) is 4.79 Å². The van der Waals surface area contributed by atoms with Crippen LogP contribution in [0, 0.1) is 13.8 Å². The van der Waals surface area contributed by atoms with Gasteiger partial charge in [-0.3, -0.25) is 9.59 Å². The number of carbonyl (C=O) groups is 2. The van der Waals surface area contributed by atoms with E-state index < -0.39 is 0 Å². The number of nitrogens with one attached hydrogen (secondary N) is 2. The van der Waals surface area contributed by atoms with Crippen molar-refractivity contribution in [3.63, 3.8) is 0 Å².